The van der Waals surface area contributed by atoms with Crippen LogP contribution in [0, 0.1) is 0 Å². The van der Waals surface area contributed by atoms with Gasteiger partial charge in [-0.2, -0.15) is 0 Å². The number of ketones is 1. The number of pyridine rings is 1. The molecule has 0 saturated heterocycles. The molecule has 0 spiro atoms. The van der Waals surface area contributed by atoms with Crippen molar-refractivity contribution in [2.24, 2.45) is 0 Å². The van der Waals surface area contributed by atoms with Crippen LogP contribution in [-0.4, -0.2) is 44.6 Å². The summed E-state index contributed by atoms with van der Waals surface area (Å²) >= 11 is 0. The second kappa shape index (κ2) is 9.34. The Labute approximate surface area is 180 Å². The van der Waals surface area contributed by atoms with E-state index >= 15 is 0 Å². The lowest BCUT2D eigenvalue weighted by Gasteiger charge is -2.16. The molecular weight excluding hydrogens is 400 g/mol. The van der Waals surface area contributed by atoms with Gasteiger partial charge in [-0.05, 0) is 36.6 Å². The van der Waals surface area contributed by atoms with Crippen LogP contribution in [-0.2, 0) is 4.79 Å². The van der Waals surface area contributed by atoms with Gasteiger partial charge in [-0.15, -0.1) is 0 Å². The van der Waals surface area contributed by atoms with Gasteiger partial charge in [-0.1, -0.05) is 0 Å². The molecule has 1 N–H and O–H groups in total. The molecule has 1 amide bonds. The van der Waals surface area contributed by atoms with Gasteiger partial charge in [0.2, 0.25) is 11.7 Å². The number of benzene rings is 2. The van der Waals surface area contributed by atoms with Crippen LogP contribution in [0.15, 0.2) is 36.7 Å². The second-order valence-corrected chi connectivity index (χ2v) is 6.58. The van der Waals surface area contributed by atoms with Gasteiger partial charge in [0.15, 0.2) is 17.3 Å². The Morgan fingerprint density at radius 3 is 2.16 bits per heavy atom. The molecular formula is C23H24N2O6. The van der Waals surface area contributed by atoms with Gasteiger partial charge in [0.25, 0.3) is 0 Å². The number of hydrogen-bond donors (Lipinski definition) is 1. The SMILES string of the molecule is CCOc1ccc2c(C(=O)c3cc(OC)c(OC)c(OC)c3)cncc2c1NC(C)=O. The minimum Gasteiger partial charge on any atom is -0.493 e. The first-order chi connectivity index (χ1) is 14.9. The Kier molecular flexibility index (Phi) is 6.59. The third-order valence-electron chi connectivity index (χ3n) is 4.68. The monoisotopic (exact) mass is 424 g/mol. The normalized spacial score (nSPS) is 10.5. The van der Waals surface area contributed by atoms with Crippen LogP contribution in [0.5, 0.6) is 23.0 Å². The van der Waals surface area contributed by atoms with E-state index in [4.69, 9.17) is 18.9 Å². The van der Waals surface area contributed by atoms with E-state index in [9.17, 15) is 9.59 Å². The Morgan fingerprint density at radius 1 is 0.935 bits per heavy atom. The van der Waals surface area contributed by atoms with Gasteiger partial charge < -0.3 is 24.3 Å². The minimum atomic E-state index is -0.282. The molecule has 0 fully saturated rings. The largest absolute Gasteiger partial charge is 0.493 e. The summed E-state index contributed by atoms with van der Waals surface area (Å²) in [7, 11) is 4.47. The smallest absolute Gasteiger partial charge is 0.221 e. The number of anilines is 1. The Balaban J connectivity index is 2.19. The van der Waals surface area contributed by atoms with Crippen LogP contribution < -0.4 is 24.3 Å². The molecule has 0 aliphatic carbocycles. The molecule has 1 aromatic heterocycles. The predicted molar refractivity (Wildman–Crippen MR) is 117 cm³/mol. The van der Waals surface area contributed by atoms with Crippen LogP contribution in [0.1, 0.15) is 29.8 Å². The van der Waals surface area contributed by atoms with Crippen LogP contribution >= 0.6 is 0 Å². The molecule has 0 radical (unpaired) electrons. The number of hydrogen-bond acceptors (Lipinski definition) is 7. The lowest BCUT2D eigenvalue weighted by atomic mass is 9.98. The molecule has 0 atom stereocenters. The van der Waals surface area contributed by atoms with Crippen molar-refractivity contribution in [1.82, 2.24) is 4.98 Å². The molecule has 0 bridgehead atoms. The van der Waals surface area contributed by atoms with Gasteiger partial charge in [0.1, 0.15) is 5.75 Å². The number of aromatic nitrogens is 1. The molecule has 3 aromatic rings. The van der Waals surface area contributed by atoms with Crippen molar-refractivity contribution in [1.29, 1.82) is 0 Å². The number of nitrogens with one attached hydrogen (secondary N) is 1. The number of nitrogens with zero attached hydrogens (tertiary/aromatic N) is 1. The van der Waals surface area contributed by atoms with Crippen LogP contribution in [0.4, 0.5) is 5.69 Å². The second-order valence-electron chi connectivity index (χ2n) is 6.58. The van der Waals surface area contributed by atoms with E-state index in [2.05, 4.69) is 10.3 Å². The molecule has 1 heterocycles. The maximum atomic E-state index is 13.4. The predicted octanol–water partition coefficient (Wildman–Crippen LogP) is 3.85. The first kappa shape index (κ1) is 21.9. The number of carbonyl (C=O) groups excluding carboxylic acids is 2. The fourth-order valence-electron chi connectivity index (χ4n) is 3.35. The molecule has 2 aromatic carbocycles. The summed E-state index contributed by atoms with van der Waals surface area (Å²) in [5.74, 6) is 1.10. The minimum absolute atomic E-state index is 0.255. The van der Waals surface area contributed by atoms with E-state index < -0.39 is 0 Å². The number of ether oxygens (including phenoxy) is 4. The number of rotatable bonds is 8. The first-order valence-corrected chi connectivity index (χ1v) is 9.60. The summed E-state index contributed by atoms with van der Waals surface area (Å²) in [5, 5.41) is 4.01. The topological polar surface area (TPSA) is 96.0 Å². The molecule has 8 heteroatoms. The van der Waals surface area contributed by atoms with Gasteiger partial charge >= 0.3 is 0 Å². The third kappa shape index (κ3) is 4.23. The van der Waals surface area contributed by atoms with Crippen molar-refractivity contribution < 1.29 is 28.5 Å². The highest BCUT2D eigenvalue weighted by Crippen LogP contribution is 2.40. The number of carbonyl (C=O) groups is 2. The van der Waals surface area contributed by atoms with Crippen molar-refractivity contribution >= 4 is 28.2 Å². The fourth-order valence-corrected chi connectivity index (χ4v) is 3.35. The van der Waals surface area contributed by atoms with Crippen LogP contribution in [0.3, 0.4) is 0 Å². The zero-order chi connectivity index (χ0) is 22.5. The van der Waals surface area contributed by atoms with E-state index in [-0.39, 0.29) is 11.7 Å². The lowest BCUT2D eigenvalue weighted by molar-refractivity contribution is -0.114. The molecule has 0 saturated carbocycles. The van der Waals surface area contributed by atoms with Crippen molar-refractivity contribution in [3.8, 4) is 23.0 Å². The van der Waals surface area contributed by atoms with Gasteiger partial charge in [0.05, 0.1) is 33.6 Å². The number of fused-ring (bicyclic) bond motifs is 1. The Hall–Kier alpha value is -3.81. The standard InChI is InChI=1S/C23H24N2O6/c1-6-31-18-8-7-15-16(21(18)25-13(2)26)11-24-12-17(15)22(27)14-9-19(28-3)23(30-5)20(10-14)29-4/h7-12H,6H2,1-5H3,(H,25,26). The average molecular weight is 424 g/mol. The molecule has 162 valence electrons. The summed E-state index contributed by atoms with van der Waals surface area (Å²) in [6, 6.07) is 6.68. The summed E-state index contributed by atoms with van der Waals surface area (Å²) in [5.41, 5.74) is 1.18. The molecule has 0 aliphatic rings. The summed E-state index contributed by atoms with van der Waals surface area (Å²) in [4.78, 5) is 29.4. The van der Waals surface area contributed by atoms with Crippen molar-refractivity contribution in [2.45, 2.75) is 13.8 Å². The highest BCUT2D eigenvalue weighted by Gasteiger charge is 2.21. The number of methoxy groups -OCH3 is 3. The summed E-state index contributed by atoms with van der Waals surface area (Å²) in [6.07, 6.45) is 3.08. The van der Waals surface area contributed by atoms with E-state index in [1.165, 1.54) is 34.4 Å². The fraction of sp³-hybridized carbons (Fsp3) is 0.261. The quantitative estimate of drug-likeness (QED) is 0.549. The average Bonchev–Trinajstić information content (AvgIpc) is 2.78. The van der Waals surface area contributed by atoms with E-state index in [0.29, 0.717) is 57.2 Å². The summed E-state index contributed by atoms with van der Waals surface area (Å²) < 4.78 is 21.7. The lowest BCUT2D eigenvalue weighted by Crippen LogP contribution is -2.10. The molecule has 3 rings (SSSR count). The van der Waals surface area contributed by atoms with Crippen molar-refractivity contribution in [2.75, 3.05) is 33.3 Å². The summed E-state index contributed by atoms with van der Waals surface area (Å²) in [6.45, 7) is 3.69. The van der Waals surface area contributed by atoms with Crippen LogP contribution in [0.2, 0.25) is 0 Å². The molecule has 31 heavy (non-hydrogen) atoms. The highest BCUT2D eigenvalue weighted by atomic mass is 16.5. The van der Waals surface area contributed by atoms with E-state index in [1.807, 2.05) is 6.92 Å². The molecule has 8 nitrogen and oxygen atoms in total. The van der Waals surface area contributed by atoms with Crippen LogP contribution in [0.25, 0.3) is 10.8 Å². The molecule has 0 unspecified atom stereocenters. The van der Waals surface area contributed by atoms with Crippen molar-refractivity contribution in [3.63, 3.8) is 0 Å². The van der Waals surface area contributed by atoms with Gasteiger partial charge in [0, 0.05) is 35.8 Å². The van der Waals surface area contributed by atoms with E-state index in [1.54, 1.807) is 30.5 Å². The Morgan fingerprint density at radius 2 is 1.61 bits per heavy atom. The highest BCUT2D eigenvalue weighted by molar-refractivity contribution is 6.18. The maximum Gasteiger partial charge on any atom is 0.221 e. The van der Waals surface area contributed by atoms with E-state index in [0.717, 1.165) is 0 Å². The zero-order valence-electron chi connectivity index (χ0n) is 18.1. The van der Waals surface area contributed by atoms with Gasteiger partial charge in [-0.3, -0.25) is 14.6 Å². The van der Waals surface area contributed by atoms with Gasteiger partial charge in [-0.25, -0.2) is 0 Å². The Bertz CT molecular complexity index is 1120. The first-order valence-electron chi connectivity index (χ1n) is 9.60. The molecule has 0 aliphatic heterocycles. The maximum absolute atomic E-state index is 13.4. The third-order valence-corrected chi connectivity index (χ3v) is 4.68. The zero-order valence-corrected chi connectivity index (χ0v) is 18.1. The van der Waals surface area contributed by atoms with Crippen molar-refractivity contribution in [3.05, 3.63) is 47.8 Å². The number of amides is 1.